The molecular formula is C7H12N4OS. The van der Waals surface area contributed by atoms with Crippen LogP contribution >= 0.6 is 12.2 Å². The largest absolute Gasteiger partial charge is 0.392 e. The average Bonchev–Trinajstić information content (AvgIpc) is 2.35. The van der Waals surface area contributed by atoms with Crippen LogP contribution in [0.3, 0.4) is 0 Å². The van der Waals surface area contributed by atoms with E-state index in [4.69, 9.17) is 18.0 Å². The van der Waals surface area contributed by atoms with Crippen molar-refractivity contribution in [3.8, 4) is 0 Å². The maximum absolute atomic E-state index is 11.2. The van der Waals surface area contributed by atoms with E-state index in [0.29, 0.717) is 4.99 Å². The summed E-state index contributed by atoms with van der Waals surface area (Å²) in [5.74, 6) is 0.174. The van der Waals surface area contributed by atoms with Gasteiger partial charge in [-0.05, 0) is 5.92 Å². The van der Waals surface area contributed by atoms with Crippen molar-refractivity contribution in [2.45, 2.75) is 19.9 Å². The SMILES string of the molecule is CC(C)C(C(N)=S)n1cn[nH]c1=O. The lowest BCUT2D eigenvalue weighted by Gasteiger charge is -2.18. The maximum Gasteiger partial charge on any atom is 0.343 e. The van der Waals surface area contributed by atoms with Crippen LogP contribution in [0.25, 0.3) is 0 Å². The fourth-order valence-electron chi connectivity index (χ4n) is 1.24. The molecule has 0 radical (unpaired) electrons. The Morgan fingerprint density at radius 1 is 1.77 bits per heavy atom. The molecule has 0 aliphatic carbocycles. The van der Waals surface area contributed by atoms with Crippen LogP contribution < -0.4 is 11.4 Å². The second-order valence-corrected chi connectivity index (χ2v) is 3.63. The Morgan fingerprint density at radius 3 is 2.69 bits per heavy atom. The van der Waals surface area contributed by atoms with Gasteiger partial charge < -0.3 is 5.73 Å². The van der Waals surface area contributed by atoms with Crippen LogP contribution in [-0.4, -0.2) is 19.8 Å². The Labute approximate surface area is 80.9 Å². The van der Waals surface area contributed by atoms with Gasteiger partial charge in [-0.2, -0.15) is 5.10 Å². The number of nitrogens with two attached hydrogens (primary N) is 1. The molecule has 1 aromatic rings. The molecule has 0 aliphatic heterocycles. The number of hydrogen-bond donors (Lipinski definition) is 2. The molecule has 72 valence electrons. The van der Waals surface area contributed by atoms with E-state index < -0.39 is 0 Å². The predicted octanol–water partition coefficient (Wildman–Crippen LogP) is 0.0546. The molecule has 0 fully saturated rings. The monoisotopic (exact) mass is 200 g/mol. The van der Waals surface area contributed by atoms with Crippen LogP contribution in [0.1, 0.15) is 19.9 Å². The highest BCUT2D eigenvalue weighted by Gasteiger charge is 2.19. The summed E-state index contributed by atoms with van der Waals surface area (Å²) in [7, 11) is 0. The molecule has 1 aromatic heterocycles. The number of hydrogen-bond acceptors (Lipinski definition) is 3. The van der Waals surface area contributed by atoms with Crippen molar-refractivity contribution in [3.63, 3.8) is 0 Å². The zero-order valence-electron chi connectivity index (χ0n) is 7.52. The van der Waals surface area contributed by atoms with E-state index in [-0.39, 0.29) is 17.6 Å². The van der Waals surface area contributed by atoms with Gasteiger partial charge in [0, 0.05) is 0 Å². The van der Waals surface area contributed by atoms with Gasteiger partial charge in [0.25, 0.3) is 0 Å². The van der Waals surface area contributed by atoms with Gasteiger partial charge in [0.2, 0.25) is 0 Å². The molecule has 3 N–H and O–H groups in total. The van der Waals surface area contributed by atoms with E-state index in [1.165, 1.54) is 10.9 Å². The zero-order valence-corrected chi connectivity index (χ0v) is 8.34. The lowest BCUT2D eigenvalue weighted by atomic mass is 10.0. The van der Waals surface area contributed by atoms with Gasteiger partial charge in [-0.1, -0.05) is 26.1 Å². The van der Waals surface area contributed by atoms with Crippen LogP contribution in [0, 0.1) is 5.92 Å². The standard InChI is InChI=1S/C7H12N4OS/c1-4(2)5(6(8)13)11-3-9-10-7(11)12/h3-5H,1-2H3,(H2,8,13)(H,10,12). The second kappa shape index (κ2) is 3.69. The van der Waals surface area contributed by atoms with Gasteiger partial charge in [-0.25, -0.2) is 9.89 Å². The summed E-state index contributed by atoms with van der Waals surface area (Å²) in [5.41, 5.74) is 5.24. The molecular weight excluding hydrogens is 188 g/mol. The molecule has 1 atom stereocenters. The number of aromatic nitrogens is 3. The summed E-state index contributed by atoms with van der Waals surface area (Å²) in [4.78, 5) is 11.5. The van der Waals surface area contributed by atoms with Crippen molar-refractivity contribution in [3.05, 3.63) is 16.8 Å². The van der Waals surface area contributed by atoms with Gasteiger partial charge in [0.05, 0.1) is 11.0 Å². The average molecular weight is 200 g/mol. The number of nitrogens with one attached hydrogen (secondary N) is 1. The summed E-state index contributed by atoms with van der Waals surface area (Å²) in [6, 6.07) is -0.263. The van der Waals surface area contributed by atoms with Crippen LogP contribution in [0.2, 0.25) is 0 Å². The molecule has 0 bridgehead atoms. The molecule has 0 amide bonds. The van der Waals surface area contributed by atoms with Gasteiger partial charge in [0.15, 0.2) is 0 Å². The molecule has 1 rings (SSSR count). The third kappa shape index (κ3) is 1.95. The highest BCUT2D eigenvalue weighted by Crippen LogP contribution is 2.14. The van der Waals surface area contributed by atoms with Gasteiger partial charge >= 0.3 is 5.69 Å². The fraction of sp³-hybridized carbons (Fsp3) is 0.571. The predicted molar refractivity (Wildman–Crippen MR) is 53.5 cm³/mol. The first-order chi connectivity index (χ1) is 6.04. The Morgan fingerprint density at radius 2 is 2.38 bits per heavy atom. The first-order valence-corrected chi connectivity index (χ1v) is 4.35. The number of thiocarbonyl (C=S) groups is 1. The minimum absolute atomic E-state index is 0.174. The van der Waals surface area contributed by atoms with Crippen LogP contribution in [0.5, 0.6) is 0 Å². The fourth-order valence-corrected chi connectivity index (χ4v) is 1.63. The summed E-state index contributed by atoms with van der Waals surface area (Å²) in [6.07, 6.45) is 1.41. The quantitative estimate of drug-likeness (QED) is 0.676. The zero-order chi connectivity index (χ0) is 10.0. The topological polar surface area (TPSA) is 76.7 Å². The molecule has 0 aromatic carbocycles. The molecule has 1 unspecified atom stereocenters. The molecule has 6 heteroatoms. The van der Waals surface area contributed by atoms with Crippen molar-refractivity contribution < 1.29 is 0 Å². The number of H-pyrrole nitrogens is 1. The lowest BCUT2D eigenvalue weighted by Crippen LogP contribution is -2.34. The van der Waals surface area contributed by atoms with Gasteiger partial charge in [-0.3, -0.25) is 4.57 Å². The number of aromatic amines is 1. The van der Waals surface area contributed by atoms with E-state index in [1.54, 1.807) is 0 Å². The van der Waals surface area contributed by atoms with Crippen molar-refractivity contribution in [1.29, 1.82) is 0 Å². The Balaban J connectivity index is 3.10. The van der Waals surface area contributed by atoms with Crippen LogP contribution in [0.15, 0.2) is 11.1 Å². The Bertz CT molecular complexity index is 353. The lowest BCUT2D eigenvalue weighted by molar-refractivity contribution is 0.467. The first kappa shape index (κ1) is 9.91. The van der Waals surface area contributed by atoms with Gasteiger partial charge in [-0.15, -0.1) is 0 Å². The molecule has 1 heterocycles. The van der Waals surface area contributed by atoms with Crippen molar-refractivity contribution in [2.75, 3.05) is 0 Å². The van der Waals surface area contributed by atoms with Crippen LogP contribution in [0.4, 0.5) is 0 Å². The Hall–Kier alpha value is -1.17. The molecule has 0 saturated heterocycles. The van der Waals surface area contributed by atoms with E-state index in [1.807, 2.05) is 13.8 Å². The third-order valence-electron chi connectivity index (χ3n) is 1.80. The second-order valence-electron chi connectivity index (χ2n) is 3.16. The summed E-state index contributed by atoms with van der Waals surface area (Å²) in [5, 5.41) is 5.92. The number of rotatable bonds is 3. The summed E-state index contributed by atoms with van der Waals surface area (Å²) < 4.78 is 1.41. The highest BCUT2D eigenvalue weighted by atomic mass is 32.1. The summed E-state index contributed by atoms with van der Waals surface area (Å²) >= 11 is 4.88. The van der Waals surface area contributed by atoms with Crippen LogP contribution in [-0.2, 0) is 0 Å². The minimum Gasteiger partial charge on any atom is -0.392 e. The van der Waals surface area contributed by atoms with Crippen molar-refractivity contribution in [2.24, 2.45) is 11.7 Å². The van der Waals surface area contributed by atoms with E-state index in [2.05, 4.69) is 10.2 Å². The molecule has 0 aliphatic rings. The third-order valence-corrected chi connectivity index (χ3v) is 2.04. The first-order valence-electron chi connectivity index (χ1n) is 3.95. The normalized spacial score (nSPS) is 13.2. The van der Waals surface area contributed by atoms with E-state index in [9.17, 15) is 4.79 Å². The Kier molecular flexibility index (Phi) is 2.82. The van der Waals surface area contributed by atoms with Crippen molar-refractivity contribution in [1.82, 2.24) is 14.8 Å². The smallest absolute Gasteiger partial charge is 0.343 e. The van der Waals surface area contributed by atoms with Crippen molar-refractivity contribution >= 4 is 17.2 Å². The van der Waals surface area contributed by atoms with E-state index >= 15 is 0 Å². The summed E-state index contributed by atoms with van der Waals surface area (Å²) in [6.45, 7) is 3.90. The van der Waals surface area contributed by atoms with Gasteiger partial charge in [0.1, 0.15) is 6.33 Å². The maximum atomic E-state index is 11.2. The van der Waals surface area contributed by atoms with E-state index in [0.717, 1.165) is 0 Å². The highest BCUT2D eigenvalue weighted by molar-refractivity contribution is 7.80. The molecule has 13 heavy (non-hydrogen) atoms. The number of nitrogens with zero attached hydrogens (tertiary/aromatic N) is 2. The molecule has 0 saturated carbocycles. The molecule has 0 spiro atoms. The molecule has 5 nitrogen and oxygen atoms in total. The minimum atomic E-state index is -0.286.